The van der Waals surface area contributed by atoms with Crippen LogP contribution in [0.5, 0.6) is 5.75 Å². The highest BCUT2D eigenvalue weighted by molar-refractivity contribution is 7.98. The van der Waals surface area contributed by atoms with Crippen LogP contribution in [0.25, 0.3) is 0 Å². The molecule has 0 saturated carbocycles. The van der Waals surface area contributed by atoms with Crippen molar-refractivity contribution in [2.75, 3.05) is 38.2 Å². The maximum absolute atomic E-state index is 13.3. The summed E-state index contributed by atoms with van der Waals surface area (Å²) in [5.74, 6) is 1.22. The number of carbonyl (C=O) groups is 1. The summed E-state index contributed by atoms with van der Waals surface area (Å²) in [6, 6.07) is 18.1. The Hall–Kier alpha value is -3.06. The molecule has 2 heterocycles. The number of hydrogen-bond acceptors (Lipinski definition) is 5. The molecule has 3 aromatic rings. The number of benzene rings is 2. The second kappa shape index (κ2) is 10.5. The predicted octanol–water partition coefficient (Wildman–Crippen LogP) is 4.87. The molecule has 1 aliphatic heterocycles. The first kappa shape index (κ1) is 22.1. The minimum atomic E-state index is -0.252. The molecule has 1 saturated heterocycles. The lowest BCUT2D eigenvalue weighted by Gasteiger charge is -2.24. The number of hydrogen-bond donors (Lipinski definition) is 0. The topological polar surface area (TPSA) is 45.7 Å². The molecule has 0 spiro atoms. The summed E-state index contributed by atoms with van der Waals surface area (Å²) in [7, 11) is 1.66. The first-order valence-electron chi connectivity index (χ1n) is 10.6. The van der Waals surface area contributed by atoms with E-state index in [0.29, 0.717) is 29.4 Å². The lowest BCUT2D eigenvalue weighted by molar-refractivity contribution is 0.0762. The van der Waals surface area contributed by atoms with Crippen LogP contribution < -0.4 is 9.64 Å². The number of anilines is 1. The zero-order valence-electron chi connectivity index (χ0n) is 18.0. The largest absolute Gasteiger partial charge is 0.497 e. The zero-order valence-corrected chi connectivity index (χ0v) is 18.9. The molecule has 0 bridgehead atoms. The van der Waals surface area contributed by atoms with Crippen LogP contribution in [-0.2, 0) is 5.75 Å². The minimum Gasteiger partial charge on any atom is -0.497 e. The Balaban J connectivity index is 1.42. The van der Waals surface area contributed by atoms with Crippen molar-refractivity contribution < 1.29 is 13.9 Å². The molecule has 7 heteroatoms. The minimum absolute atomic E-state index is 0.0105. The maximum Gasteiger partial charge on any atom is 0.256 e. The van der Waals surface area contributed by atoms with E-state index in [0.717, 1.165) is 36.5 Å². The van der Waals surface area contributed by atoms with Crippen molar-refractivity contribution in [1.82, 2.24) is 9.88 Å². The van der Waals surface area contributed by atoms with Gasteiger partial charge in [-0.2, -0.15) is 0 Å². The average molecular weight is 452 g/mol. The molecule has 1 aliphatic rings. The molecule has 0 aliphatic carbocycles. The molecule has 0 atom stereocenters. The van der Waals surface area contributed by atoms with Crippen LogP contribution in [-0.4, -0.2) is 49.1 Å². The van der Waals surface area contributed by atoms with Crippen molar-refractivity contribution in [3.8, 4) is 5.75 Å². The Bertz CT molecular complexity index is 1040. The van der Waals surface area contributed by atoms with Crippen molar-refractivity contribution in [3.63, 3.8) is 0 Å². The number of ether oxygens (including phenoxy) is 1. The highest BCUT2D eigenvalue weighted by atomic mass is 32.2. The maximum atomic E-state index is 13.3. The number of aromatic nitrogens is 1. The summed E-state index contributed by atoms with van der Waals surface area (Å²) in [6.07, 6.45) is 2.60. The van der Waals surface area contributed by atoms with Gasteiger partial charge >= 0.3 is 0 Å². The van der Waals surface area contributed by atoms with Gasteiger partial charge in [-0.1, -0.05) is 12.1 Å². The number of amides is 1. The third-order valence-corrected chi connectivity index (χ3v) is 6.59. The van der Waals surface area contributed by atoms with E-state index in [1.807, 2.05) is 23.1 Å². The lowest BCUT2D eigenvalue weighted by Crippen LogP contribution is -2.35. The van der Waals surface area contributed by atoms with Crippen molar-refractivity contribution >= 4 is 23.4 Å². The van der Waals surface area contributed by atoms with Gasteiger partial charge in [0.15, 0.2) is 0 Å². The van der Waals surface area contributed by atoms with E-state index in [-0.39, 0.29) is 11.7 Å². The molecular weight excluding hydrogens is 425 g/mol. The molecule has 1 fully saturated rings. The van der Waals surface area contributed by atoms with Gasteiger partial charge in [-0.25, -0.2) is 9.37 Å². The fraction of sp³-hybridized carbons (Fsp3) is 0.280. The number of pyridine rings is 1. The number of carbonyl (C=O) groups excluding carboxylic acids is 1. The van der Waals surface area contributed by atoms with Gasteiger partial charge < -0.3 is 14.5 Å². The van der Waals surface area contributed by atoms with Crippen LogP contribution in [0.3, 0.4) is 0 Å². The van der Waals surface area contributed by atoms with Gasteiger partial charge in [0.05, 0.1) is 12.7 Å². The Morgan fingerprint density at radius 2 is 1.81 bits per heavy atom. The van der Waals surface area contributed by atoms with E-state index in [4.69, 9.17) is 4.74 Å². The van der Waals surface area contributed by atoms with Crippen LogP contribution in [0, 0.1) is 5.82 Å². The van der Waals surface area contributed by atoms with Gasteiger partial charge in [-0.3, -0.25) is 4.79 Å². The van der Waals surface area contributed by atoms with E-state index in [9.17, 15) is 9.18 Å². The fourth-order valence-corrected chi connectivity index (χ4v) is 4.69. The molecule has 1 aromatic heterocycles. The highest BCUT2D eigenvalue weighted by Crippen LogP contribution is 2.26. The molecule has 0 radical (unpaired) electrons. The summed E-state index contributed by atoms with van der Waals surface area (Å²) >= 11 is 1.50. The van der Waals surface area contributed by atoms with Crippen LogP contribution in [0.1, 0.15) is 22.3 Å². The standard InChI is InChI=1S/C25H26FN3O2S/c1-31-22-11-9-21(10-12-22)28-14-3-15-29(17-16-28)25(30)23-4-2-13-27-24(23)32-18-19-5-7-20(26)8-6-19/h2,4-13H,3,14-18H2,1H3. The molecule has 1 amide bonds. The summed E-state index contributed by atoms with van der Waals surface area (Å²) in [4.78, 5) is 22.0. The van der Waals surface area contributed by atoms with Gasteiger partial charge in [-0.05, 0) is 60.5 Å². The molecule has 5 nitrogen and oxygen atoms in total. The quantitative estimate of drug-likeness (QED) is 0.500. The smallest absolute Gasteiger partial charge is 0.256 e. The Morgan fingerprint density at radius 3 is 2.56 bits per heavy atom. The Morgan fingerprint density at radius 1 is 1.03 bits per heavy atom. The van der Waals surface area contributed by atoms with Crippen molar-refractivity contribution in [3.05, 3.63) is 83.8 Å². The van der Waals surface area contributed by atoms with Crippen LogP contribution >= 0.6 is 11.8 Å². The van der Waals surface area contributed by atoms with Gasteiger partial charge in [0, 0.05) is 43.8 Å². The molecule has 0 N–H and O–H groups in total. The first-order valence-corrected chi connectivity index (χ1v) is 11.6. The normalized spacial score (nSPS) is 14.2. The van der Waals surface area contributed by atoms with E-state index >= 15 is 0 Å². The molecule has 4 rings (SSSR count). The Labute approximate surface area is 192 Å². The number of thioether (sulfide) groups is 1. The average Bonchev–Trinajstić information content (AvgIpc) is 3.10. The summed E-state index contributed by atoms with van der Waals surface area (Å²) in [6.45, 7) is 3.04. The van der Waals surface area contributed by atoms with Crippen LogP contribution in [0.15, 0.2) is 71.9 Å². The Kier molecular flexibility index (Phi) is 7.27. The van der Waals surface area contributed by atoms with E-state index in [2.05, 4.69) is 22.0 Å². The van der Waals surface area contributed by atoms with Gasteiger partial charge in [0.25, 0.3) is 5.91 Å². The molecule has 2 aromatic carbocycles. The predicted molar refractivity (Wildman–Crippen MR) is 126 cm³/mol. The van der Waals surface area contributed by atoms with Crippen LogP contribution in [0.2, 0.25) is 0 Å². The van der Waals surface area contributed by atoms with E-state index < -0.39 is 0 Å². The van der Waals surface area contributed by atoms with Crippen molar-refractivity contribution in [2.45, 2.75) is 17.2 Å². The third kappa shape index (κ3) is 5.40. The van der Waals surface area contributed by atoms with Gasteiger partial charge in [0.1, 0.15) is 16.6 Å². The second-order valence-corrected chi connectivity index (χ2v) is 8.57. The lowest BCUT2D eigenvalue weighted by atomic mass is 10.2. The molecular formula is C25H26FN3O2S. The first-order chi connectivity index (χ1) is 15.6. The van der Waals surface area contributed by atoms with Crippen molar-refractivity contribution in [1.29, 1.82) is 0 Å². The molecule has 166 valence electrons. The number of rotatable bonds is 6. The number of halogens is 1. The summed E-state index contributed by atoms with van der Waals surface area (Å²) < 4.78 is 18.4. The zero-order chi connectivity index (χ0) is 22.3. The second-order valence-electron chi connectivity index (χ2n) is 7.60. The van der Waals surface area contributed by atoms with E-state index in [1.165, 1.54) is 23.9 Å². The monoisotopic (exact) mass is 451 g/mol. The summed E-state index contributed by atoms with van der Waals surface area (Å²) in [5.41, 5.74) is 2.75. The van der Waals surface area contributed by atoms with E-state index in [1.54, 1.807) is 31.5 Å². The van der Waals surface area contributed by atoms with Crippen molar-refractivity contribution in [2.24, 2.45) is 0 Å². The third-order valence-electron chi connectivity index (χ3n) is 5.51. The van der Waals surface area contributed by atoms with Gasteiger partial charge in [0.2, 0.25) is 0 Å². The number of nitrogens with zero attached hydrogens (tertiary/aromatic N) is 3. The SMILES string of the molecule is COc1ccc(N2CCCN(C(=O)c3cccnc3SCc3ccc(F)cc3)CC2)cc1. The van der Waals surface area contributed by atoms with Gasteiger partial charge in [-0.15, -0.1) is 11.8 Å². The molecule has 0 unspecified atom stereocenters. The van der Waals surface area contributed by atoms with Crippen LogP contribution in [0.4, 0.5) is 10.1 Å². The fourth-order valence-electron chi connectivity index (χ4n) is 3.74. The summed E-state index contributed by atoms with van der Waals surface area (Å²) in [5, 5.41) is 0.707. The highest BCUT2D eigenvalue weighted by Gasteiger charge is 2.23. The number of methoxy groups -OCH3 is 1. The molecule has 32 heavy (non-hydrogen) atoms.